The van der Waals surface area contributed by atoms with Gasteiger partial charge in [0, 0.05) is 7.59 Å². The van der Waals surface area contributed by atoms with Gasteiger partial charge in [-0.2, -0.15) is 0 Å². The maximum Gasteiger partial charge on any atom is 0.0872 e. The summed E-state index contributed by atoms with van der Waals surface area (Å²) in [4.78, 5) is 0. The second kappa shape index (κ2) is 5.55. The molecular weight excluding hydrogens is 284 g/mol. The van der Waals surface area contributed by atoms with Crippen LogP contribution < -0.4 is 5.19 Å². The average molecular weight is 317 g/mol. The highest BCUT2D eigenvalue weighted by molar-refractivity contribution is 7.46. The quantitative estimate of drug-likeness (QED) is 0.507. The molecule has 1 aromatic rings. The van der Waals surface area contributed by atoms with E-state index in [1.54, 1.807) is 5.19 Å². The summed E-state index contributed by atoms with van der Waals surface area (Å²) in [6.07, 6.45) is 5.01. The maximum atomic E-state index is 2.62. The van der Waals surface area contributed by atoms with Crippen molar-refractivity contribution in [3.8, 4) is 0 Å². The normalized spacial score (nSPS) is 30.4. The Kier molecular flexibility index (Phi) is 4.43. The van der Waals surface area contributed by atoms with Crippen molar-refractivity contribution in [3.63, 3.8) is 0 Å². The first-order valence-corrected chi connectivity index (χ1v) is 15.1. The van der Waals surface area contributed by atoms with E-state index in [9.17, 15) is 0 Å². The van der Waals surface area contributed by atoms with Crippen LogP contribution >= 0.6 is 0 Å². The van der Waals surface area contributed by atoms with Crippen LogP contribution in [0.4, 0.5) is 0 Å². The van der Waals surface area contributed by atoms with Gasteiger partial charge in [0.15, 0.2) is 0 Å². The van der Waals surface area contributed by atoms with Gasteiger partial charge in [0.1, 0.15) is 0 Å². The van der Waals surface area contributed by atoms with Crippen LogP contribution in [0.2, 0.25) is 31.2 Å². The summed E-state index contributed by atoms with van der Waals surface area (Å²) in [6.45, 7) is 17.7. The molecule has 2 heteroatoms. The first-order chi connectivity index (χ1) is 9.61. The van der Waals surface area contributed by atoms with E-state index in [-0.39, 0.29) is 0 Å². The molecule has 0 amide bonds. The molecular formula is C19H32Si2. The average Bonchev–Trinajstić information content (AvgIpc) is 2.36. The van der Waals surface area contributed by atoms with Gasteiger partial charge in [-0.05, 0) is 22.9 Å². The van der Waals surface area contributed by atoms with E-state index >= 15 is 0 Å². The molecule has 1 unspecified atom stereocenters. The summed E-state index contributed by atoms with van der Waals surface area (Å²) in [5.74, 6) is 0.706. The van der Waals surface area contributed by atoms with Crippen molar-refractivity contribution in [2.45, 2.75) is 58.9 Å². The van der Waals surface area contributed by atoms with Crippen molar-refractivity contribution in [3.05, 3.63) is 42.5 Å². The second-order valence-electron chi connectivity index (χ2n) is 8.92. The summed E-state index contributed by atoms with van der Waals surface area (Å²) in [5, 5.41) is 1.71. The highest BCUT2D eigenvalue weighted by atomic mass is 29.3. The Labute approximate surface area is 133 Å². The first kappa shape index (κ1) is 16.8. The molecule has 1 aromatic carbocycles. The minimum absolute atomic E-state index is 0.381. The zero-order valence-electron chi connectivity index (χ0n) is 14.9. The fourth-order valence-electron chi connectivity index (χ4n) is 4.92. The van der Waals surface area contributed by atoms with Gasteiger partial charge in [0.25, 0.3) is 0 Å². The second-order valence-corrected chi connectivity index (χ2v) is 24.1. The third-order valence-electron chi connectivity index (χ3n) is 5.50. The number of hydrogen-bond acceptors (Lipinski definition) is 0. The highest BCUT2D eigenvalue weighted by Gasteiger charge is 2.57. The Morgan fingerprint density at radius 1 is 1.05 bits per heavy atom. The molecule has 0 fully saturated rings. The van der Waals surface area contributed by atoms with Crippen LogP contribution in [0.5, 0.6) is 0 Å². The van der Waals surface area contributed by atoms with E-state index in [1.165, 1.54) is 6.04 Å². The minimum Gasteiger partial charge on any atom is -0.0908 e. The smallest absolute Gasteiger partial charge is 0.0872 e. The Morgan fingerprint density at radius 2 is 1.62 bits per heavy atom. The standard InChI is InChI=1S/C19H32Si2/c1-16-12-11-15-21(20(5,6)7,18(16)19(2,3)4)17-13-9-8-10-14-17/h8-14,16,18H,15H2,1-7H3/t16-,18+,21?/m0/s1. The Balaban J connectivity index is 2.72. The summed E-state index contributed by atoms with van der Waals surface area (Å²) in [6, 6.07) is 12.9. The topological polar surface area (TPSA) is 0 Å². The zero-order chi connectivity index (χ0) is 15.9. The van der Waals surface area contributed by atoms with Crippen molar-refractivity contribution >= 4 is 20.4 Å². The SMILES string of the molecule is C[C@H]1C=CC[Si](c2ccccc2)([Si](C)(C)C)[C@H]1C(C)(C)C. The molecule has 0 nitrogen and oxygen atoms in total. The van der Waals surface area contributed by atoms with Crippen molar-refractivity contribution in [2.24, 2.45) is 11.3 Å². The predicted molar refractivity (Wildman–Crippen MR) is 101 cm³/mol. The van der Waals surface area contributed by atoms with Gasteiger partial charge in [0.05, 0.1) is 7.59 Å². The van der Waals surface area contributed by atoms with Crippen molar-refractivity contribution in [1.82, 2.24) is 0 Å². The van der Waals surface area contributed by atoms with Crippen molar-refractivity contribution in [1.29, 1.82) is 0 Å². The molecule has 0 radical (unpaired) electrons. The molecule has 0 saturated carbocycles. The number of benzene rings is 1. The predicted octanol–water partition coefficient (Wildman–Crippen LogP) is 5.38. The van der Waals surface area contributed by atoms with Gasteiger partial charge >= 0.3 is 0 Å². The lowest BCUT2D eigenvalue weighted by Gasteiger charge is -2.56. The molecule has 2 rings (SSSR count). The molecule has 0 saturated heterocycles. The van der Waals surface area contributed by atoms with Crippen LogP contribution in [0.3, 0.4) is 0 Å². The summed E-state index contributed by atoms with van der Waals surface area (Å²) in [5.41, 5.74) is 1.22. The molecule has 0 aromatic heterocycles. The van der Waals surface area contributed by atoms with Gasteiger partial charge in [-0.25, -0.2) is 0 Å². The van der Waals surface area contributed by atoms with E-state index < -0.39 is 15.2 Å². The van der Waals surface area contributed by atoms with Crippen LogP contribution in [-0.2, 0) is 0 Å². The fourth-order valence-corrected chi connectivity index (χ4v) is 22.1. The van der Waals surface area contributed by atoms with Crippen LogP contribution in [0, 0.1) is 11.3 Å². The molecule has 21 heavy (non-hydrogen) atoms. The first-order valence-electron chi connectivity index (χ1n) is 8.33. The summed E-state index contributed by atoms with van der Waals surface area (Å²) in [7, 11) is -2.81. The summed E-state index contributed by atoms with van der Waals surface area (Å²) < 4.78 is 0. The van der Waals surface area contributed by atoms with Crippen LogP contribution in [-0.4, -0.2) is 15.2 Å². The van der Waals surface area contributed by atoms with Crippen LogP contribution in [0.15, 0.2) is 42.5 Å². The van der Waals surface area contributed by atoms with E-state index in [2.05, 4.69) is 89.8 Å². The number of allylic oxidation sites excluding steroid dienone is 2. The summed E-state index contributed by atoms with van der Waals surface area (Å²) >= 11 is 0. The van der Waals surface area contributed by atoms with Gasteiger partial charge in [-0.15, -0.1) is 0 Å². The van der Waals surface area contributed by atoms with Crippen LogP contribution in [0.25, 0.3) is 0 Å². The lowest BCUT2D eigenvalue weighted by atomic mass is 9.84. The monoisotopic (exact) mass is 316 g/mol. The maximum absolute atomic E-state index is 2.62. The minimum atomic E-state index is -1.54. The molecule has 116 valence electrons. The number of hydrogen-bond donors (Lipinski definition) is 0. The van der Waals surface area contributed by atoms with E-state index in [0.29, 0.717) is 11.3 Å². The number of rotatable bonds is 2. The van der Waals surface area contributed by atoms with Gasteiger partial charge in [-0.3, -0.25) is 0 Å². The molecule has 1 aliphatic rings. The molecule has 1 aliphatic heterocycles. The molecule has 0 bridgehead atoms. The van der Waals surface area contributed by atoms with Crippen molar-refractivity contribution in [2.75, 3.05) is 0 Å². The molecule has 0 N–H and O–H groups in total. The third-order valence-corrected chi connectivity index (χ3v) is 23.3. The van der Waals surface area contributed by atoms with E-state index in [4.69, 9.17) is 0 Å². The lowest BCUT2D eigenvalue weighted by molar-refractivity contribution is 0.326. The van der Waals surface area contributed by atoms with Gasteiger partial charge < -0.3 is 0 Å². The third kappa shape index (κ3) is 2.85. The van der Waals surface area contributed by atoms with E-state index in [0.717, 1.165) is 5.54 Å². The molecule has 1 heterocycles. The Morgan fingerprint density at radius 3 is 2.10 bits per heavy atom. The Bertz CT molecular complexity index is 505. The Hall–Kier alpha value is -0.606. The van der Waals surface area contributed by atoms with E-state index in [1.807, 2.05) is 0 Å². The zero-order valence-corrected chi connectivity index (χ0v) is 16.9. The van der Waals surface area contributed by atoms with Crippen molar-refractivity contribution < 1.29 is 0 Å². The largest absolute Gasteiger partial charge is 0.0908 e. The molecule has 0 spiro atoms. The molecule has 3 atom stereocenters. The lowest BCUT2D eigenvalue weighted by Crippen LogP contribution is -2.71. The highest BCUT2D eigenvalue weighted by Crippen LogP contribution is 2.52. The molecule has 0 aliphatic carbocycles. The van der Waals surface area contributed by atoms with Crippen LogP contribution in [0.1, 0.15) is 27.7 Å². The van der Waals surface area contributed by atoms with Gasteiger partial charge in [0.2, 0.25) is 0 Å². The van der Waals surface area contributed by atoms with Gasteiger partial charge in [-0.1, -0.05) is 95.0 Å². The fraction of sp³-hybridized carbons (Fsp3) is 0.579.